The van der Waals surface area contributed by atoms with E-state index in [-0.39, 0.29) is 5.82 Å². The van der Waals surface area contributed by atoms with Gasteiger partial charge in [0.15, 0.2) is 23.3 Å². The average molecular weight is 418 g/mol. The van der Waals surface area contributed by atoms with Crippen LogP contribution in [0.1, 0.15) is 12.5 Å². The van der Waals surface area contributed by atoms with Gasteiger partial charge in [-0.2, -0.15) is 0 Å². The Labute approximate surface area is 172 Å². The maximum absolute atomic E-state index is 12.6. The fourth-order valence-electron chi connectivity index (χ4n) is 2.61. The molecule has 3 aromatic rings. The monoisotopic (exact) mass is 417 g/mol. The highest BCUT2D eigenvalue weighted by Crippen LogP contribution is 2.34. The lowest BCUT2D eigenvalue weighted by Gasteiger charge is -2.14. The molecule has 0 fully saturated rings. The SMILES string of the molecule is COc1ccc(-c2nonc2NC(=O)C(C)Oc2ccc(Cl)c(C)c2)cc1OC. The number of hydrogen-bond acceptors (Lipinski definition) is 7. The molecule has 29 heavy (non-hydrogen) atoms. The molecular formula is C20H20ClN3O5. The van der Waals surface area contributed by atoms with Crippen LogP contribution in [0.3, 0.4) is 0 Å². The van der Waals surface area contributed by atoms with E-state index < -0.39 is 12.0 Å². The van der Waals surface area contributed by atoms with E-state index in [1.54, 1.807) is 50.4 Å². The maximum atomic E-state index is 12.6. The molecule has 1 heterocycles. The normalized spacial score (nSPS) is 11.6. The third-order valence-corrected chi connectivity index (χ3v) is 4.62. The van der Waals surface area contributed by atoms with Crippen LogP contribution in [0.4, 0.5) is 5.82 Å². The van der Waals surface area contributed by atoms with E-state index in [0.29, 0.717) is 33.5 Å². The molecule has 152 valence electrons. The third kappa shape index (κ3) is 4.60. The molecule has 0 saturated carbocycles. The van der Waals surface area contributed by atoms with Crippen LogP contribution in [0.5, 0.6) is 17.2 Å². The fraction of sp³-hybridized carbons (Fsp3) is 0.250. The number of benzene rings is 2. The van der Waals surface area contributed by atoms with Gasteiger partial charge in [0.05, 0.1) is 14.2 Å². The molecular weight excluding hydrogens is 398 g/mol. The zero-order valence-corrected chi connectivity index (χ0v) is 17.1. The third-order valence-electron chi connectivity index (χ3n) is 4.20. The number of anilines is 1. The van der Waals surface area contributed by atoms with Gasteiger partial charge in [-0.15, -0.1) is 0 Å². The summed E-state index contributed by atoms with van der Waals surface area (Å²) in [4.78, 5) is 12.6. The Morgan fingerprint density at radius 2 is 1.86 bits per heavy atom. The summed E-state index contributed by atoms with van der Waals surface area (Å²) in [7, 11) is 3.08. The second-order valence-corrected chi connectivity index (χ2v) is 6.60. The molecule has 0 aliphatic rings. The molecule has 0 aliphatic carbocycles. The number of aromatic nitrogens is 2. The van der Waals surface area contributed by atoms with Gasteiger partial charge in [-0.25, -0.2) is 4.63 Å². The lowest BCUT2D eigenvalue weighted by atomic mass is 10.1. The van der Waals surface area contributed by atoms with Gasteiger partial charge in [-0.1, -0.05) is 11.6 Å². The zero-order valence-electron chi connectivity index (χ0n) is 16.4. The summed E-state index contributed by atoms with van der Waals surface area (Å²) >= 11 is 6.01. The first-order valence-corrected chi connectivity index (χ1v) is 9.09. The molecule has 3 rings (SSSR count). The number of carbonyl (C=O) groups is 1. The highest BCUT2D eigenvalue weighted by Gasteiger charge is 2.21. The van der Waals surface area contributed by atoms with Gasteiger partial charge in [0.2, 0.25) is 5.82 Å². The minimum Gasteiger partial charge on any atom is -0.493 e. The van der Waals surface area contributed by atoms with Crippen LogP contribution in [0, 0.1) is 6.92 Å². The summed E-state index contributed by atoms with van der Waals surface area (Å²) in [6, 6.07) is 10.4. The fourth-order valence-corrected chi connectivity index (χ4v) is 2.73. The summed E-state index contributed by atoms with van der Waals surface area (Å²) in [5.74, 6) is 1.38. The first kappa shape index (κ1) is 20.5. The van der Waals surface area contributed by atoms with Gasteiger partial charge in [0.25, 0.3) is 5.91 Å². The van der Waals surface area contributed by atoms with Crippen LogP contribution < -0.4 is 19.5 Å². The maximum Gasteiger partial charge on any atom is 0.266 e. The number of halogens is 1. The van der Waals surface area contributed by atoms with E-state index in [1.165, 1.54) is 7.11 Å². The zero-order chi connectivity index (χ0) is 21.0. The number of rotatable bonds is 7. The minimum atomic E-state index is -0.787. The molecule has 0 bridgehead atoms. The Balaban J connectivity index is 1.75. The molecule has 0 spiro atoms. The number of nitrogens with zero attached hydrogens (tertiary/aromatic N) is 2. The summed E-state index contributed by atoms with van der Waals surface area (Å²) in [6.45, 7) is 3.49. The average Bonchev–Trinajstić information content (AvgIpc) is 3.18. The van der Waals surface area contributed by atoms with Crippen LogP contribution in [0.2, 0.25) is 5.02 Å². The van der Waals surface area contributed by atoms with Crippen molar-refractivity contribution in [3.05, 3.63) is 47.0 Å². The number of aryl methyl sites for hydroxylation is 1. The highest BCUT2D eigenvalue weighted by atomic mass is 35.5. The Morgan fingerprint density at radius 3 is 2.55 bits per heavy atom. The Hall–Kier alpha value is -3.26. The van der Waals surface area contributed by atoms with Crippen LogP contribution in [0.15, 0.2) is 41.0 Å². The Bertz CT molecular complexity index is 1020. The summed E-state index contributed by atoms with van der Waals surface area (Å²) in [5, 5.41) is 11.0. The molecule has 0 radical (unpaired) electrons. The molecule has 8 nitrogen and oxygen atoms in total. The first-order valence-electron chi connectivity index (χ1n) is 8.71. The Kier molecular flexibility index (Phi) is 6.23. The van der Waals surface area contributed by atoms with E-state index in [4.69, 9.17) is 30.4 Å². The second-order valence-electron chi connectivity index (χ2n) is 6.19. The molecule has 0 saturated heterocycles. The van der Waals surface area contributed by atoms with Crippen molar-refractivity contribution in [1.82, 2.24) is 10.3 Å². The van der Waals surface area contributed by atoms with Crippen LogP contribution >= 0.6 is 11.6 Å². The van der Waals surface area contributed by atoms with Crippen LogP contribution in [-0.4, -0.2) is 36.5 Å². The Morgan fingerprint density at radius 1 is 1.10 bits per heavy atom. The first-order chi connectivity index (χ1) is 13.9. The second kappa shape index (κ2) is 8.83. The van der Waals surface area contributed by atoms with E-state index in [2.05, 4.69) is 15.6 Å². The molecule has 1 amide bonds. The van der Waals surface area contributed by atoms with Gasteiger partial charge >= 0.3 is 0 Å². The van der Waals surface area contributed by atoms with Crippen LogP contribution in [-0.2, 0) is 4.79 Å². The molecule has 1 aromatic heterocycles. The number of hydrogen-bond donors (Lipinski definition) is 1. The van der Waals surface area contributed by atoms with Gasteiger partial charge in [-0.3, -0.25) is 4.79 Å². The van der Waals surface area contributed by atoms with Gasteiger partial charge in [0, 0.05) is 10.6 Å². The minimum absolute atomic E-state index is 0.171. The topological polar surface area (TPSA) is 95.7 Å². The van der Waals surface area contributed by atoms with Gasteiger partial charge in [0.1, 0.15) is 5.75 Å². The van der Waals surface area contributed by atoms with Crippen molar-refractivity contribution in [2.45, 2.75) is 20.0 Å². The number of nitrogens with one attached hydrogen (secondary N) is 1. The molecule has 9 heteroatoms. The van der Waals surface area contributed by atoms with Crippen molar-refractivity contribution >= 4 is 23.3 Å². The van der Waals surface area contributed by atoms with Crippen LogP contribution in [0.25, 0.3) is 11.3 Å². The highest BCUT2D eigenvalue weighted by molar-refractivity contribution is 6.31. The molecule has 2 aromatic carbocycles. The summed E-state index contributed by atoms with van der Waals surface area (Å²) in [6.07, 6.45) is -0.787. The molecule has 1 unspecified atom stereocenters. The van der Waals surface area contributed by atoms with Gasteiger partial charge < -0.3 is 19.5 Å². The van der Waals surface area contributed by atoms with E-state index >= 15 is 0 Å². The van der Waals surface area contributed by atoms with Crippen molar-refractivity contribution in [2.24, 2.45) is 0 Å². The lowest BCUT2D eigenvalue weighted by molar-refractivity contribution is -0.122. The van der Waals surface area contributed by atoms with E-state index in [9.17, 15) is 4.79 Å². The predicted molar refractivity (Wildman–Crippen MR) is 108 cm³/mol. The van der Waals surface area contributed by atoms with Crippen molar-refractivity contribution in [3.63, 3.8) is 0 Å². The lowest BCUT2D eigenvalue weighted by Crippen LogP contribution is -2.30. The van der Waals surface area contributed by atoms with Gasteiger partial charge in [-0.05, 0) is 66.1 Å². The smallest absolute Gasteiger partial charge is 0.266 e. The molecule has 1 atom stereocenters. The summed E-state index contributed by atoms with van der Waals surface area (Å²) in [5.41, 5.74) is 1.85. The number of amides is 1. The summed E-state index contributed by atoms with van der Waals surface area (Å²) < 4.78 is 21.0. The molecule has 1 N–H and O–H groups in total. The van der Waals surface area contributed by atoms with Crippen molar-refractivity contribution < 1.29 is 23.6 Å². The van der Waals surface area contributed by atoms with E-state index in [1.807, 2.05) is 6.92 Å². The largest absolute Gasteiger partial charge is 0.493 e. The van der Waals surface area contributed by atoms with Crippen molar-refractivity contribution in [3.8, 4) is 28.5 Å². The number of carbonyl (C=O) groups excluding carboxylic acids is 1. The standard InChI is InChI=1S/C20H20ClN3O5/c1-11-9-14(6-7-15(11)21)28-12(2)20(25)22-19-18(23-29-24-19)13-5-8-16(26-3)17(10-13)27-4/h5-10,12H,1-4H3,(H,22,24,25). The quantitative estimate of drug-likeness (QED) is 0.617. The number of methoxy groups -OCH3 is 2. The van der Waals surface area contributed by atoms with E-state index in [0.717, 1.165) is 5.56 Å². The molecule has 0 aliphatic heterocycles. The van der Waals surface area contributed by atoms with Crippen molar-refractivity contribution in [2.75, 3.05) is 19.5 Å². The predicted octanol–water partition coefficient (Wildman–Crippen LogP) is 4.12. The van der Waals surface area contributed by atoms with Crippen molar-refractivity contribution in [1.29, 1.82) is 0 Å². The number of ether oxygens (including phenoxy) is 3.